The Hall–Kier alpha value is -1.51. The van der Waals surface area contributed by atoms with Crippen molar-refractivity contribution in [2.24, 2.45) is 5.92 Å². The first-order valence-electron chi connectivity index (χ1n) is 7.17. The van der Waals surface area contributed by atoms with Crippen LogP contribution in [0.25, 0.3) is 0 Å². The van der Waals surface area contributed by atoms with Crippen molar-refractivity contribution in [2.75, 3.05) is 13.7 Å². The summed E-state index contributed by atoms with van der Waals surface area (Å²) in [4.78, 5) is 11.5. The van der Waals surface area contributed by atoms with E-state index >= 15 is 0 Å². The highest BCUT2D eigenvalue weighted by atomic mass is 16.5. The maximum absolute atomic E-state index is 11.5. The summed E-state index contributed by atoms with van der Waals surface area (Å²) >= 11 is 0. The van der Waals surface area contributed by atoms with Crippen LogP contribution in [0, 0.1) is 5.92 Å². The lowest BCUT2D eigenvalue weighted by molar-refractivity contribution is -0.121. The van der Waals surface area contributed by atoms with Gasteiger partial charge in [-0.2, -0.15) is 0 Å². The second-order valence-corrected chi connectivity index (χ2v) is 5.31. The van der Waals surface area contributed by atoms with Crippen LogP contribution in [-0.2, 0) is 11.2 Å². The van der Waals surface area contributed by atoms with E-state index in [1.807, 2.05) is 12.1 Å². The van der Waals surface area contributed by atoms with Gasteiger partial charge in [-0.3, -0.25) is 4.79 Å². The van der Waals surface area contributed by atoms with Gasteiger partial charge in [0.1, 0.15) is 5.75 Å². The molecule has 0 heterocycles. The quantitative estimate of drug-likeness (QED) is 0.731. The Labute approximate surface area is 115 Å². The number of hydrogen-bond donors (Lipinski definition) is 1. The molecule has 1 amide bonds. The Bertz CT molecular complexity index is 413. The lowest BCUT2D eigenvalue weighted by Gasteiger charge is -2.06. The number of carbonyl (C=O) groups excluding carboxylic acids is 1. The zero-order valence-electron chi connectivity index (χ0n) is 11.7. The molecule has 0 aliphatic heterocycles. The van der Waals surface area contributed by atoms with E-state index in [1.54, 1.807) is 7.11 Å². The molecular weight excluding hydrogens is 238 g/mol. The second-order valence-electron chi connectivity index (χ2n) is 5.31. The van der Waals surface area contributed by atoms with Crippen LogP contribution in [0.4, 0.5) is 0 Å². The first-order valence-corrected chi connectivity index (χ1v) is 7.17. The predicted molar refractivity (Wildman–Crippen MR) is 76.3 cm³/mol. The predicted octanol–water partition coefficient (Wildman–Crippen LogP) is 2.93. The van der Waals surface area contributed by atoms with Gasteiger partial charge in [-0.05, 0) is 55.7 Å². The van der Waals surface area contributed by atoms with Gasteiger partial charge in [0.15, 0.2) is 0 Å². The number of methoxy groups -OCH3 is 1. The molecule has 1 aromatic rings. The number of unbranched alkanes of at least 4 members (excludes halogenated alkanes) is 1. The third-order valence-electron chi connectivity index (χ3n) is 3.52. The van der Waals surface area contributed by atoms with Gasteiger partial charge in [-0.25, -0.2) is 0 Å². The minimum atomic E-state index is 0.226. The first-order chi connectivity index (χ1) is 9.28. The number of nitrogens with one attached hydrogen (secondary N) is 1. The number of aryl methyl sites for hydroxylation is 1. The minimum absolute atomic E-state index is 0.226. The normalized spacial score (nSPS) is 14.2. The van der Waals surface area contributed by atoms with Crippen LogP contribution in [0.15, 0.2) is 24.3 Å². The van der Waals surface area contributed by atoms with Crippen molar-refractivity contribution >= 4 is 5.91 Å². The monoisotopic (exact) mass is 261 g/mol. The van der Waals surface area contributed by atoms with Crippen LogP contribution in [0.5, 0.6) is 5.75 Å². The molecule has 0 spiro atoms. The summed E-state index contributed by atoms with van der Waals surface area (Å²) in [5.74, 6) is 1.82. The van der Waals surface area contributed by atoms with Crippen LogP contribution in [-0.4, -0.2) is 19.6 Å². The summed E-state index contributed by atoms with van der Waals surface area (Å²) in [5.41, 5.74) is 1.30. The van der Waals surface area contributed by atoms with E-state index in [1.165, 1.54) is 18.4 Å². The molecular formula is C16H23NO2. The third kappa shape index (κ3) is 5.33. The van der Waals surface area contributed by atoms with Crippen molar-refractivity contribution in [3.8, 4) is 5.75 Å². The molecule has 104 valence electrons. The lowest BCUT2D eigenvalue weighted by Crippen LogP contribution is -2.24. The van der Waals surface area contributed by atoms with E-state index in [-0.39, 0.29) is 5.91 Å². The molecule has 1 aliphatic rings. The molecule has 2 rings (SSSR count). The Morgan fingerprint density at radius 2 is 2.21 bits per heavy atom. The molecule has 1 aromatic carbocycles. The van der Waals surface area contributed by atoms with Crippen molar-refractivity contribution in [3.63, 3.8) is 0 Å². The fourth-order valence-corrected chi connectivity index (χ4v) is 2.17. The van der Waals surface area contributed by atoms with Crippen molar-refractivity contribution in [1.82, 2.24) is 5.32 Å². The molecule has 1 N–H and O–H groups in total. The molecule has 3 nitrogen and oxygen atoms in total. The third-order valence-corrected chi connectivity index (χ3v) is 3.52. The van der Waals surface area contributed by atoms with Crippen LogP contribution >= 0.6 is 0 Å². The average molecular weight is 261 g/mol. The maximum atomic E-state index is 11.5. The van der Waals surface area contributed by atoms with Crippen molar-refractivity contribution in [2.45, 2.75) is 38.5 Å². The molecule has 0 saturated heterocycles. The molecule has 1 aliphatic carbocycles. The summed E-state index contributed by atoms with van der Waals surface area (Å²) in [6.45, 7) is 0.801. The molecule has 0 radical (unpaired) electrons. The van der Waals surface area contributed by atoms with Gasteiger partial charge in [-0.1, -0.05) is 12.1 Å². The summed E-state index contributed by atoms with van der Waals surface area (Å²) in [6, 6.07) is 8.17. The number of carbonyl (C=O) groups is 1. The van der Waals surface area contributed by atoms with Gasteiger partial charge in [0.2, 0.25) is 5.91 Å². The van der Waals surface area contributed by atoms with Gasteiger partial charge < -0.3 is 10.1 Å². The van der Waals surface area contributed by atoms with Crippen molar-refractivity contribution in [1.29, 1.82) is 0 Å². The van der Waals surface area contributed by atoms with Crippen molar-refractivity contribution in [3.05, 3.63) is 29.8 Å². The molecule has 0 atom stereocenters. The largest absolute Gasteiger partial charge is 0.497 e. The molecule has 1 saturated carbocycles. The Balaban J connectivity index is 1.56. The van der Waals surface area contributed by atoms with E-state index < -0.39 is 0 Å². The highest BCUT2D eigenvalue weighted by Gasteiger charge is 2.23. The minimum Gasteiger partial charge on any atom is -0.497 e. The summed E-state index contributed by atoms with van der Waals surface area (Å²) in [6.07, 6.45) is 6.38. The van der Waals surface area contributed by atoms with E-state index in [9.17, 15) is 4.79 Å². The standard InChI is InChI=1S/C16H23NO2/c1-19-15-7-4-6-13(11-15)5-2-3-10-17-16(18)12-14-8-9-14/h4,6-7,11,14H,2-3,5,8-10,12H2,1H3,(H,17,18). The average Bonchev–Trinajstić information content (AvgIpc) is 3.22. The van der Waals surface area contributed by atoms with Gasteiger partial charge in [0.05, 0.1) is 7.11 Å². The zero-order chi connectivity index (χ0) is 13.5. The van der Waals surface area contributed by atoms with Crippen LogP contribution in [0.2, 0.25) is 0 Å². The fraction of sp³-hybridized carbons (Fsp3) is 0.562. The van der Waals surface area contributed by atoms with Crippen LogP contribution in [0.1, 0.15) is 37.7 Å². The number of benzene rings is 1. The van der Waals surface area contributed by atoms with E-state index in [0.29, 0.717) is 5.92 Å². The van der Waals surface area contributed by atoms with Crippen LogP contribution in [0.3, 0.4) is 0 Å². The van der Waals surface area contributed by atoms with Gasteiger partial charge in [-0.15, -0.1) is 0 Å². The Kier molecular flexibility index (Phi) is 5.25. The Morgan fingerprint density at radius 3 is 2.95 bits per heavy atom. The van der Waals surface area contributed by atoms with Gasteiger partial charge >= 0.3 is 0 Å². The lowest BCUT2D eigenvalue weighted by atomic mass is 10.1. The highest BCUT2D eigenvalue weighted by molar-refractivity contribution is 5.76. The molecule has 0 aromatic heterocycles. The van der Waals surface area contributed by atoms with Crippen molar-refractivity contribution < 1.29 is 9.53 Å². The van der Waals surface area contributed by atoms with Gasteiger partial charge in [0.25, 0.3) is 0 Å². The highest BCUT2D eigenvalue weighted by Crippen LogP contribution is 2.32. The zero-order valence-corrected chi connectivity index (χ0v) is 11.7. The first kappa shape index (κ1) is 13.9. The summed E-state index contributed by atoms with van der Waals surface area (Å²) < 4.78 is 5.20. The Morgan fingerprint density at radius 1 is 1.37 bits per heavy atom. The number of ether oxygens (including phenoxy) is 1. The smallest absolute Gasteiger partial charge is 0.220 e. The molecule has 19 heavy (non-hydrogen) atoms. The fourth-order valence-electron chi connectivity index (χ4n) is 2.17. The second kappa shape index (κ2) is 7.17. The number of hydrogen-bond acceptors (Lipinski definition) is 2. The number of amides is 1. The summed E-state index contributed by atoms with van der Waals surface area (Å²) in [7, 11) is 1.69. The SMILES string of the molecule is COc1cccc(CCCCNC(=O)CC2CC2)c1. The molecule has 3 heteroatoms. The topological polar surface area (TPSA) is 38.3 Å². The van der Waals surface area contributed by atoms with Gasteiger partial charge in [0, 0.05) is 13.0 Å². The summed E-state index contributed by atoms with van der Waals surface area (Å²) in [5, 5.41) is 3.00. The van der Waals surface area contributed by atoms with E-state index in [0.717, 1.165) is 38.0 Å². The number of rotatable bonds is 8. The molecule has 1 fully saturated rings. The van der Waals surface area contributed by atoms with Crippen LogP contribution < -0.4 is 10.1 Å². The van der Waals surface area contributed by atoms with E-state index in [4.69, 9.17) is 4.74 Å². The molecule has 0 bridgehead atoms. The van der Waals surface area contributed by atoms with E-state index in [2.05, 4.69) is 17.4 Å². The molecule has 0 unspecified atom stereocenters. The maximum Gasteiger partial charge on any atom is 0.220 e.